The maximum absolute atomic E-state index is 12.2. The highest BCUT2D eigenvalue weighted by atomic mass is 32.2. The van der Waals surface area contributed by atoms with Crippen molar-refractivity contribution in [3.05, 3.63) is 42.2 Å². The van der Waals surface area contributed by atoms with Gasteiger partial charge in [-0.25, -0.2) is 4.98 Å². The molecule has 2 rings (SSSR count). The van der Waals surface area contributed by atoms with Crippen molar-refractivity contribution in [1.82, 2.24) is 14.9 Å². The summed E-state index contributed by atoms with van der Waals surface area (Å²) in [6, 6.07) is 7.91. The molecular formula is C20H27N3O2S. The van der Waals surface area contributed by atoms with Crippen LogP contribution in [0.15, 0.2) is 41.8 Å². The quantitative estimate of drug-likeness (QED) is 0.715. The third-order valence-corrected chi connectivity index (χ3v) is 5.17. The van der Waals surface area contributed by atoms with Crippen LogP contribution >= 0.6 is 11.8 Å². The largest absolute Gasteiger partial charge is 0.345 e. The molecule has 1 atom stereocenters. The van der Waals surface area contributed by atoms with Crippen molar-refractivity contribution in [2.24, 2.45) is 5.92 Å². The fourth-order valence-corrected chi connectivity index (χ4v) is 3.48. The van der Waals surface area contributed by atoms with Crippen LogP contribution in [0.5, 0.6) is 0 Å². The zero-order valence-corrected chi connectivity index (χ0v) is 16.8. The Morgan fingerprint density at radius 1 is 1.15 bits per heavy atom. The van der Waals surface area contributed by atoms with Gasteiger partial charge in [0.05, 0.1) is 11.8 Å². The Morgan fingerprint density at radius 3 is 2.35 bits per heavy atom. The Bertz CT molecular complexity index is 751. The number of Topliss-reactive ketones (excluding diaryl/α,β-unsaturated/α-hetero) is 1. The lowest BCUT2D eigenvalue weighted by molar-refractivity contribution is -0.126. The first-order chi connectivity index (χ1) is 12.3. The average molecular weight is 374 g/mol. The average Bonchev–Trinajstić information content (AvgIpc) is 3.05. The second kappa shape index (κ2) is 9.03. The molecule has 2 aromatic rings. The van der Waals surface area contributed by atoms with Gasteiger partial charge in [-0.15, -0.1) is 0 Å². The fourth-order valence-electron chi connectivity index (χ4n) is 2.70. The Kier molecular flexibility index (Phi) is 7.03. The van der Waals surface area contributed by atoms with E-state index in [0.29, 0.717) is 5.92 Å². The number of carbonyl (C=O) groups is 2. The molecule has 1 aromatic carbocycles. The predicted molar refractivity (Wildman–Crippen MR) is 106 cm³/mol. The molecular weight excluding hydrogens is 346 g/mol. The van der Waals surface area contributed by atoms with Crippen molar-refractivity contribution in [2.75, 3.05) is 5.75 Å². The molecule has 0 spiro atoms. The number of benzene rings is 1. The van der Waals surface area contributed by atoms with Gasteiger partial charge < -0.3 is 5.32 Å². The smallest absolute Gasteiger partial charge is 0.231 e. The lowest BCUT2D eigenvalue weighted by Gasteiger charge is -2.19. The lowest BCUT2D eigenvalue weighted by Crippen LogP contribution is -2.44. The van der Waals surface area contributed by atoms with Crippen LogP contribution in [0.4, 0.5) is 0 Å². The molecule has 0 saturated carbocycles. The predicted octanol–water partition coefficient (Wildman–Crippen LogP) is 3.82. The summed E-state index contributed by atoms with van der Waals surface area (Å²) in [5.74, 6) is 0.596. The van der Waals surface area contributed by atoms with E-state index >= 15 is 0 Å². The van der Waals surface area contributed by atoms with Gasteiger partial charge in [-0.3, -0.25) is 14.2 Å². The van der Waals surface area contributed by atoms with E-state index in [0.717, 1.165) is 10.8 Å². The van der Waals surface area contributed by atoms with Gasteiger partial charge in [0.15, 0.2) is 10.9 Å². The van der Waals surface area contributed by atoms with E-state index < -0.39 is 6.04 Å². The van der Waals surface area contributed by atoms with Crippen LogP contribution in [0.25, 0.3) is 5.69 Å². The molecule has 6 heteroatoms. The maximum Gasteiger partial charge on any atom is 0.231 e. The van der Waals surface area contributed by atoms with Crippen LogP contribution in [0, 0.1) is 5.92 Å². The van der Waals surface area contributed by atoms with Crippen molar-refractivity contribution in [3.8, 4) is 5.69 Å². The molecule has 0 radical (unpaired) electrons. The van der Waals surface area contributed by atoms with Crippen molar-refractivity contribution >= 4 is 23.5 Å². The van der Waals surface area contributed by atoms with Crippen molar-refractivity contribution in [2.45, 2.75) is 51.7 Å². The van der Waals surface area contributed by atoms with E-state index in [1.54, 1.807) is 6.20 Å². The van der Waals surface area contributed by atoms with Crippen LogP contribution in [-0.4, -0.2) is 33.0 Å². The molecule has 0 bridgehead atoms. The van der Waals surface area contributed by atoms with Crippen LogP contribution in [0.2, 0.25) is 0 Å². The van der Waals surface area contributed by atoms with Gasteiger partial charge in [-0.1, -0.05) is 51.6 Å². The van der Waals surface area contributed by atoms with E-state index in [4.69, 9.17) is 0 Å². The van der Waals surface area contributed by atoms with Crippen molar-refractivity contribution < 1.29 is 9.59 Å². The van der Waals surface area contributed by atoms with Crippen molar-refractivity contribution in [1.29, 1.82) is 0 Å². The zero-order valence-electron chi connectivity index (χ0n) is 16.0. The van der Waals surface area contributed by atoms with Crippen molar-refractivity contribution in [3.63, 3.8) is 0 Å². The summed E-state index contributed by atoms with van der Waals surface area (Å²) in [6.45, 7) is 9.68. The molecule has 0 saturated heterocycles. The minimum absolute atomic E-state index is 0.0231. The lowest BCUT2D eigenvalue weighted by atomic mass is 10.0. The van der Waals surface area contributed by atoms with E-state index in [9.17, 15) is 9.59 Å². The van der Waals surface area contributed by atoms with Crippen LogP contribution in [-0.2, 0) is 9.59 Å². The minimum Gasteiger partial charge on any atom is -0.345 e. The third kappa shape index (κ3) is 5.21. The number of amides is 1. The molecule has 0 fully saturated rings. The van der Waals surface area contributed by atoms with Gasteiger partial charge >= 0.3 is 0 Å². The van der Waals surface area contributed by atoms with Gasteiger partial charge in [0.2, 0.25) is 5.91 Å². The number of carbonyl (C=O) groups excluding carboxylic acids is 2. The Morgan fingerprint density at radius 2 is 1.81 bits per heavy atom. The normalized spacial score (nSPS) is 12.4. The number of imidazole rings is 1. The second-order valence-corrected chi connectivity index (χ2v) is 7.96. The number of aromatic nitrogens is 2. The maximum atomic E-state index is 12.2. The van der Waals surface area contributed by atoms with Gasteiger partial charge in [0.25, 0.3) is 0 Å². The Hall–Kier alpha value is -2.08. The summed E-state index contributed by atoms with van der Waals surface area (Å²) < 4.78 is 1.97. The highest BCUT2D eigenvalue weighted by molar-refractivity contribution is 7.99. The number of nitrogens with zero attached hydrogens (tertiary/aromatic N) is 2. The van der Waals surface area contributed by atoms with Crippen LogP contribution < -0.4 is 5.32 Å². The molecule has 5 nitrogen and oxygen atoms in total. The molecule has 1 amide bonds. The first-order valence-corrected chi connectivity index (χ1v) is 9.84. The molecule has 0 aliphatic rings. The number of rotatable bonds is 8. The molecule has 1 unspecified atom stereocenters. The van der Waals surface area contributed by atoms with Crippen LogP contribution in [0.1, 0.15) is 46.1 Å². The Balaban J connectivity index is 2.02. The topological polar surface area (TPSA) is 64.0 Å². The first-order valence-electron chi connectivity index (χ1n) is 8.86. The molecule has 1 heterocycles. The summed E-state index contributed by atoms with van der Waals surface area (Å²) in [5, 5.41) is 3.56. The van der Waals surface area contributed by atoms with Gasteiger partial charge in [-0.2, -0.15) is 0 Å². The second-order valence-electron chi connectivity index (χ2n) is 7.01. The summed E-state index contributed by atoms with van der Waals surface area (Å²) in [7, 11) is 0. The minimum atomic E-state index is -0.438. The molecule has 1 aromatic heterocycles. The third-order valence-electron chi connectivity index (χ3n) is 4.20. The molecule has 1 N–H and O–H groups in total. The highest BCUT2D eigenvalue weighted by Gasteiger charge is 2.20. The number of hydrogen-bond donors (Lipinski definition) is 1. The number of thioether (sulfide) groups is 1. The van der Waals surface area contributed by atoms with E-state index in [1.165, 1.54) is 24.2 Å². The summed E-state index contributed by atoms with van der Waals surface area (Å²) in [4.78, 5) is 28.2. The van der Waals surface area contributed by atoms with Gasteiger partial charge in [-0.05, 0) is 36.5 Å². The number of nitrogens with one attached hydrogen (secondary N) is 1. The zero-order chi connectivity index (χ0) is 19.3. The monoisotopic (exact) mass is 373 g/mol. The first kappa shape index (κ1) is 20.2. The summed E-state index contributed by atoms with van der Waals surface area (Å²) >= 11 is 1.36. The molecule has 26 heavy (non-hydrogen) atoms. The fraction of sp³-hybridized carbons (Fsp3) is 0.450. The Labute approximate surface area is 159 Å². The molecule has 140 valence electrons. The van der Waals surface area contributed by atoms with Crippen LogP contribution in [0.3, 0.4) is 0 Å². The standard InChI is InChI=1S/C20H27N3O2S/c1-13(2)16-6-8-17(9-7-16)23-11-10-21-20(23)26-12-18(25)22-19(14(3)4)15(5)24/h6-11,13-14,19H,12H2,1-5H3,(H,22,25). The van der Waals surface area contributed by atoms with Gasteiger partial charge in [0.1, 0.15) is 0 Å². The highest BCUT2D eigenvalue weighted by Crippen LogP contribution is 2.22. The van der Waals surface area contributed by atoms with E-state index in [2.05, 4.69) is 48.4 Å². The molecule has 0 aliphatic carbocycles. The van der Waals surface area contributed by atoms with E-state index in [1.807, 2.05) is 24.6 Å². The summed E-state index contributed by atoms with van der Waals surface area (Å²) in [5.41, 5.74) is 2.30. The summed E-state index contributed by atoms with van der Waals surface area (Å²) in [6.07, 6.45) is 3.61. The van der Waals surface area contributed by atoms with E-state index in [-0.39, 0.29) is 23.4 Å². The SMILES string of the molecule is CC(=O)C(NC(=O)CSc1nccn1-c1ccc(C(C)C)cc1)C(C)C. The number of ketones is 1. The number of hydrogen-bond acceptors (Lipinski definition) is 4. The molecule has 0 aliphatic heterocycles. The van der Waals surface area contributed by atoms with Gasteiger partial charge in [0, 0.05) is 18.1 Å².